The topological polar surface area (TPSA) is 94.8 Å². The van der Waals surface area contributed by atoms with Crippen LogP contribution in [0.1, 0.15) is 59.3 Å². The van der Waals surface area contributed by atoms with Gasteiger partial charge in [0, 0.05) is 11.8 Å². The van der Waals surface area contributed by atoms with E-state index in [-0.39, 0.29) is 34.9 Å². The summed E-state index contributed by atoms with van der Waals surface area (Å²) in [6.45, 7) is 6.02. The van der Waals surface area contributed by atoms with Gasteiger partial charge in [-0.05, 0) is 67.3 Å². The first-order valence-electron chi connectivity index (χ1n) is 10.4. The Morgan fingerprint density at radius 3 is 2.59 bits per heavy atom. The Kier molecular flexibility index (Phi) is 4.36. The molecule has 3 fully saturated rings. The summed E-state index contributed by atoms with van der Waals surface area (Å²) in [5.41, 5.74) is 0.440. The van der Waals surface area contributed by atoms with E-state index in [1.165, 1.54) is 0 Å². The number of aliphatic hydroxyl groups is 2. The third-order valence-electron chi connectivity index (χ3n) is 9.16. The SMILES string of the molecule is C[C@@H](C(=O)O)[C@H]1CC[C@H]2[C@@H]3[C@H](O)CC4=CC(=O)CC[C@]4(C)[C@H]3C[C@H](O)[C@]12C. The fraction of sp³-hybridized carbons (Fsp3) is 0.818. The van der Waals surface area contributed by atoms with E-state index in [0.717, 1.165) is 24.8 Å². The number of carboxylic acid groups (broad SMARTS) is 1. The van der Waals surface area contributed by atoms with Crippen LogP contribution < -0.4 is 0 Å². The second-order valence-corrected chi connectivity index (χ2v) is 10.0. The Morgan fingerprint density at radius 2 is 1.93 bits per heavy atom. The molecule has 5 heteroatoms. The van der Waals surface area contributed by atoms with Gasteiger partial charge >= 0.3 is 5.97 Å². The van der Waals surface area contributed by atoms with Gasteiger partial charge in [-0.3, -0.25) is 9.59 Å². The number of carbonyl (C=O) groups excluding carboxylic acids is 1. The van der Waals surface area contributed by atoms with Crippen LogP contribution in [0.4, 0.5) is 0 Å². The summed E-state index contributed by atoms with van der Waals surface area (Å²) in [5, 5.41) is 31.9. The van der Waals surface area contributed by atoms with Crippen molar-refractivity contribution in [1.82, 2.24) is 0 Å². The summed E-state index contributed by atoms with van der Waals surface area (Å²) in [7, 11) is 0. The zero-order valence-corrected chi connectivity index (χ0v) is 16.5. The van der Waals surface area contributed by atoms with E-state index < -0.39 is 29.5 Å². The summed E-state index contributed by atoms with van der Waals surface area (Å²) in [6, 6.07) is 0. The highest BCUT2D eigenvalue weighted by Crippen LogP contribution is 2.67. The van der Waals surface area contributed by atoms with Crippen molar-refractivity contribution in [2.45, 2.75) is 71.5 Å². The molecule has 0 unspecified atom stereocenters. The number of aliphatic hydroxyl groups excluding tert-OH is 2. The monoisotopic (exact) mass is 376 g/mol. The molecule has 5 nitrogen and oxygen atoms in total. The number of carboxylic acids is 1. The Balaban J connectivity index is 1.73. The summed E-state index contributed by atoms with van der Waals surface area (Å²) in [6.07, 6.45) is 4.75. The molecule has 3 saturated carbocycles. The van der Waals surface area contributed by atoms with Crippen LogP contribution in [0.2, 0.25) is 0 Å². The predicted molar refractivity (Wildman–Crippen MR) is 99.8 cm³/mol. The van der Waals surface area contributed by atoms with E-state index in [0.29, 0.717) is 19.3 Å². The lowest BCUT2D eigenvalue weighted by molar-refractivity contribution is -0.173. The lowest BCUT2D eigenvalue weighted by Crippen LogP contribution is -2.60. The standard InChI is InChI=1S/C22H32O5/c1-11(20(26)27)14-4-5-15-19-16(10-18(25)22(14,15)3)21(2)7-6-13(23)8-12(21)9-17(19)24/h8,11,14-19,24-25H,4-7,9-10H2,1-3H3,(H,26,27)/t11-,14-,15+,16+,17-,18+,19+,21+,22-/m1/s1. The maximum atomic E-state index is 11.9. The average molecular weight is 376 g/mol. The number of hydrogen-bond donors (Lipinski definition) is 3. The van der Waals surface area contributed by atoms with E-state index >= 15 is 0 Å². The van der Waals surface area contributed by atoms with Gasteiger partial charge in [0.1, 0.15) is 0 Å². The molecule has 27 heavy (non-hydrogen) atoms. The van der Waals surface area contributed by atoms with Crippen molar-refractivity contribution in [1.29, 1.82) is 0 Å². The predicted octanol–water partition coefficient (Wildman–Crippen LogP) is 2.80. The third kappa shape index (κ3) is 2.50. The van der Waals surface area contributed by atoms with Crippen molar-refractivity contribution in [2.75, 3.05) is 0 Å². The Morgan fingerprint density at radius 1 is 1.22 bits per heavy atom. The van der Waals surface area contributed by atoms with Gasteiger partial charge in [0.25, 0.3) is 0 Å². The van der Waals surface area contributed by atoms with Crippen molar-refractivity contribution in [3.8, 4) is 0 Å². The van der Waals surface area contributed by atoms with Crippen LogP contribution in [0.25, 0.3) is 0 Å². The molecule has 0 saturated heterocycles. The molecule has 4 aliphatic carbocycles. The Hall–Kier alpha value is -1.20. The molecule has 0 heterocycles. The smallest absolute Gasteiger partial charge is 0.306 e. The van der Waals surface area contributed by atoms with Gasteiger partial charge in [-0.2, -0.15) is 0 Å². The molecule has 0 radical (unpaired) electrons. The van der Waals surface area contributed by atoms with Gasteiger partial charge in [-0.25, -0.2) is 0 Å². The molecule has 4 rings (SSSR count). The third-order valence-corrected chi connectivity index (χ3v) is 9.16. The van der Waals surface area contributed by atoms with Gasteiger partial charge in [0.2, 0.25) is 0 Å². The van der Waals surface area contributed by atoms with Crippen LogP contribution in [-0.2, 0) is 9.59 Å². The minimum absolute atomic E-state index is 0.0687. The normalized spacial score (nSPS) is 50.3. The molecule has 0 spiro atoms. The first-order valence-corrected chi connectivity index (χ1v) is 10.4. The molecule has 0 amide bonds. The quantitative estimate of drug-likeness (QED) is 0.689. The lowest BCUT2D eigenvalue weighted by atomic mass is 9.45. The second-order valence-electron chi connectivity index (χ2n) is 10.0. The fourth-order valence-corrected chi connectivity index (χ4v) is 7.52. The minimum Gasteiger partial charge on any atom is -0.481 e. The number of aliphatic carboxylic acids is 1. The largest absolute Gasteiger partial charge is 0.481 e. The zero-order chi connectivity index (χ0) is 19.7. The van der Waals surface area contributed by atoms with Gasteiger partial charge in [-0.1, -0.05) is 26.3 Å². The molecular formula is C22H32O5. The molecular weight excluding hydrogens is 344 g/mol. The van der Waals surface area contributed by atoms with Crippen molar-refractivity contribution in [3.05, 3.63) is 11.6 Å². The highest BCUT2D eigenvalue weighted by atomic mass is 16.4. The van der Waals surface area contributed by atoms with E-state index in [9.17, 15) is 24.9 Å². The molecule has 0 aromatic heterocycles. The van der Waals surface area contributed by atoms with Gasteiger partial charge < -0.3 is 15.3 Å². The molecule has 150 valence electrons. The van der Waals surface area contributed by atoms with Crippen LogP contribution in [0.5, 0.6) is 0 Å². The van der Waals surface area contributed by atoms with Crippen LogP contribution in [0.15, 0.2) is 11.6 Å². The minimum atomic E-state index is -0.802. The molecule has 9 atom stereocenters. The average Bonchev–Trinajstić information content (AvgIpc) is 2.95. The number of carbonyl (C=O) groups is 2. The number of ketones is 1. The van der Waals surface area contributed by atoms with Crippen molar-refractivity contribution in [2.24, 2.45) is 40.4 Å². The summed E-state index contributed by atoms with van der Waals surface area (Å²) < 4.78 is 0. The highest BCUT2D eigenvalue weighted by molar-refractivity contribution is 5.91. The maximum Gasteiger partial charge on any atom is 0.306 e. The fourth-order valence-electron chi connectivity index (χ4n) is 7.52. The van der Waals surface area contributed by atoms with Gasteiger partial charge in [0.05, 0.1) is 18.1 Å². The van der Waals surface area contributed by atoms with Crippen LogP contribution in [0.3, 0.4) is 0 Å². The van der Waals surface area contributed by atoms with Gasteiger partial charge in [-0.15, -0.1) is 0 Å². The second kappa shape index (κ2) is 6.15. The maximum absolute atomic E-state index is 11.9. The first kappa shape index (κ1) is 19.1. The Bertz CT molecular complexity index is 699. The van der Waals surface area contributed by atoms with Gasteiger partial charge in [0.15, 0.2) is 5.78 Å². The highest BCUT2D eigenvalue weighted by Gasteiger charge is 2.65. The number of rotatable bonds is 2. The first-order chi connectivity index (χ1) is 12.6. The van der Waals surface area contributed by atoms with E-state index in [4.69, 9.17) is 0 Å². The molecule has 0 aromatic carbocycles. The lowest BCUT2D eigenvalue weighted by Gasteiger charge is -2.61. The molecule has 4 aliphatic rings. The van der Waals surface area contributed by atoms with Crippen molar-refractivity contribution in [3.63, 3.8) is 0 Å². The van der Waals surface area contributed by atoms with E-state index in [1.54, 1.807) is 13.0 Å². The van der Waals surface area contributed by atoms with Crippen LogP contribution in [-0.4, -0.2) is 39.3 Å². The molecule has 0 bridgehead atoms. The van der Waals surface area contributed by atoms with E-state index in [2.05, 4.69) is 13.8 Å². The molecule has 0 aliphatic heterocycles. The zero-order valence-electron chi connectivity index (χ0n) is 16.5. The number of fused-ring (bicyclic) bond motifs is 5. The van der Waals surface area contributed by atoms with Crippen LogP contribution >= 0.6 is 0 Å². The molecule has 0 aromatic rings. The number of hydrogen-bond acceptors (Lipinski definition) is 4. The van der Waals surface area contributed by atoms with Crippen molar-refractivity contribution >= 4 is 11.8 Å². The Labute approximate surface area is 160 Å². The van der Waals surface area contributed by atoms with Crippen LogP contribution in [0, 0.1) is 40.4 Å². The summed E-state index contributed by atoms with van der Waals surface area (Å²) >= 11 is 0. The van der Waals surface area contributed by atoms with E-state index in [1.807, 2.05) is 0 Å². The molecule has 3 N–H and O–H groups in total. The summed E-state index contributed by atoms with van der Waals surface area (Å²) in [5.74, 6) is -0.878. The summed E-state index contributed by atoms with van der Waals surface area (Å²) in [4.78, 5) is 23.6. The van der Waals surface area contributed by atoms with Crippen molar-refractivity contribution < 1.29 is 24.9 Å².